The zero-order valence-corrected chi connectivity index (χ0v) is 35.3. The summed E-state index contributed by atoms with van der Waals surface area (Å²) in [5.41, 5.74) is 21.5. The van der Waals surface area contributed by atoms with Gasteiger partial charge >= 0.3 is 0 Å². The molecule has 0 unspecified atom stereocenters. The topological polar surface area (TPSA) is 3.24 Å². The molecule has 58 heavy (non-hydrogen) atoms. The minimum atomic E-state index is -0.0687. The molecule has 6 aromatic rings. The number of rotatable bonds is 4. The Bertz CT molecular complexity index is 2640. The van der Waals surface area contributed by atoms with Gasteiger partial charge in [-0.25, -0.2) is 0 Å². The average Bonchev–Trinajstić information content (AvgIpc) is 3.64. The van der Waals surface area contributed by atoms with Crippen LogP contribution >= 0.6 is 0 Å². The van der Waals surface area contributed by atoms with Crippen LogP contribution in [0.3, 0.4) is 0 Å². The Kier molecular flexibility index (Phi) is 7.18. The van der Waals surface area contributed by atoms with Gasteiger partial charge in [-0.3, -0.25) is 0 Å². The molecule has 0 aliphatic heterocycles. The molecular weight excluding hydrogens is 699 g/mol. The predicted molar refractivity (Wildman–Crippen MR) is 243 cm³/mol. The summed E-state index contributed by atoms with van der Waals surface area (Å²) in [6, 6.07) is 50.2. The van der Waals surface area contributed by atoms with Crippen LogP contribution in [0.4, 0.5) is 17.1 Å². The van der Waals surface area contributed by atoms with Gasteiger partial charge in [0.15, 0.2) is 0 Å². The number of nitrogens with zero attached hydrogens (tertiary/aromatic N) is 1. The molecule has 4 bridgehead atoms. The molecule has 1 spiro atoms. The van der Waals surface area contributed by atoms with Crippen LogP contribution in [0.1, 0.15) is 120 Å². The third-order valence-electron chi connectivity index (χ3n) is 16.9. The number of hydrogen-bond donors (Lipinski definition) is 0. The van der Waals surface area contributed by atoms with Crippen LogP contribution in [0.2, 0.25) is 0 Å². The van der Waals surface area contributed by atoms with E-state index in [0.717, 1.165) is 23.7 Å². The SMILES string of the molecule is CC1(C)CCC(C)(C)c2cc(N(c3ccc(-c4ccc5c(c4)-c4ccccc4C54C5CC6CC(C5)CC4C6)cc3)c3ccc4c(c3)C(C)(C)c3ccccc3-4)ccc21. The van der Waals surface area contributed by atoms with Crippen LogP contribution < -0.4 is 4.90 Å². The first-order chi connectivity index (χ1) is 27.9. The molecule has 0 heterocycles. The minimum Gasteiger partial charge on any atom is -0.310 e. The third kappa shape index (κ3) is 4.71. The van der Waals surface area contributed by atoms with Crippen molar-refractivity contribution in [3.8, 4) is 33.4 Å². The lowest BCUT2D eigenvalue weighted by atomic mass is 9.43. The van der Waals surface area contributed by atoms with E-state index in [2.05, 4.69) is 174 Å². The summed E-state index contributed by atoms with van der Waals surface area (Å²) in [6.45, 7) is 14.5. The van der Waals surface area contributed by atoms with Gasteiger partial charge in [0.05, 0.1) is 0 Å². The molecule has 290 valence electrons. The molecule has 0 N–H and O–H groups in total. The van der Waals surface area contributed by atoms with Crippen LogP contribution in [0.5, 0.6) is 0 Å². The van der Waals surface area contributed by atoms with E-state index in [-0.39, 0.29) is 21.7 Å². The second-order valence-electron chi connectivity index (χ2n) is 21.3. The fraction of sp³-hybridized carbons (Fsp3) is 0.368. The molecule has 0 atom stereocenters. The summed E-state index contributed by atoms with van der Waals surface area (Å²) in [5.74, 6) is 3.50. The number of hydrogen-bond acceptors (Lipinski definition) is 1. The highest BCUT2D eigenvalue weighted by Gasteiger charge is 2.61. The summed E-state index contributed by atoms with van der Waals surface area (Å²) in [7, 11) is 0. The molecule has 6 aromatic carbocycles. The molecule has 0 aromatic heterocycles. The highest BCUT2D eigenvalue weighted by Crippen LogP contribution is 2.69. The van der Waals surface area contributed by atoms with Gasteiger partial charge in [-0.2, -0.15) is 0 Å². The van der Waals surface area contributed by atoms with E-state index in [4.69, 9.17) is 0 Å². The maximum Gasteiger partial charge on any atom is 0.0465 e. The number of anilines is 3. The van der Waals surface area contributed by atoms with Crippen LogP contribution in [0, 0.1) is 23.7 Å². The molecule has 4 saturated carbocycles. The fourth-order valence-corrected chi connectivity index (χ4v) is 14.1. The standard InChI is InChI=1S/C57H57N/c1-54(2)25-26-55(3,4)53-34-43(21-24-51(53)54)58(42-20-22-46-44-11-7-9-13-48(44)56(5,6)52(46)33-42)41-18-15-37(16-19-41)38-17-23-50-47(32-38)45-12-8-10-14-49(45)57(50)39-28-35-27-36(30-39)31-40(57)29-35/h7-24,32-36,39-40H,25-31H2,1-6H3. The van der Waals surface area contributed by atoms with Crippen molar-refractivity contribution >= 4 is 17.1 Å². The Hall–Kier alpha value is -4.88. The van der Waals surface area contributed by atoms with Crippen molar-refractivity contribution in [1.82, 2.24) is 0 Å². The second-order valence-corrected chi connectivity index (χ2v) is 21.3. The van der Waals surface area contributed by atoms with E-state index in [1.807, 2.05) is 0 Å². The van der Waals surface area contributed by atoms with E-state index >= 15 is 0 Å². The molecule has 1 nitrogen and oxygen atoms in total. The van der Waals surface area contributed by atoms with Gasteiger partial charge in [-0.05, 0) is 189 Å². The van der Waals surface area contributed by atoms with E-state index in [1.165, 1.54) is 118 Å². The molecule has 1 heteroatoms. The monoisotopic (exact) mass is 755 g/mol. The zero-order valence-electron chi connectivity index (χ0n) is 35.3. The molecule has 4 fully saturated rings. The lowest BCUT2D eigenvalue weighted by molar-refractivity contribution is -0.0399. The van der Waals surface area contributed by atoms with E-state index in [1.54, 1.807) is 11.1 Å². The molecule has 0 saturated heterocycles. The van der Waals surface area contributed by atoms with Crippen LogP contribution in [-0.2, 0) is 21.7 Å². The van der Waals surface area contributed by atoms with E-state index < -0.39 is 0 Å². The van der Waals surface area contributed by atoms with Gasteiger partial charge in [0, 0.05) is 27.9 Å². The van der Waals surface area contributed by atoms with Gasteiger partial charge in [0.2, 0.25) is 0 Å². The van der Waals surface area contributed by atoms with Crippen molar-refractivity contribution in [2.24, 2.45) is 23.7 Å². The van der Waals surface area contributed by atoms with Crippen molar-refractivity contribution in [2.75, 3.05) is 4.90 Å². The normalized spacial score (nSPS) is 26.8. The van der Waals surface area contributed by atoms with Crippen LogP contribution in [0.15, 0.2) is 127 Å². The lowest BCUT2D eigenvalue weighted by Crippen LogP contribution is -2.55. The van der Waals surface area contributed by atoms with Gasteiger partial charge in [-0.15, -0.1) is 0 Å². The summed E-state index contributed by atoms with van der Waals surface area (Å²) in [5, 5.41) is 0. The highest BCUT2D eigenvalue weighted by molar-refractivity contribution is 5.88. The Morgan fingerprint density at radius 2 is 0.897 bits per heavy atom. The first-order valence-electron chi connectivity index (χ1n) is 22.5. The van der Waals surface area contributed by atoms with Crippen molar-refractivity contribution < 1.29 is 0 Å². The zero-order chi connectivity index (χ0) is 39.3. The summed E-state index contributed by atoms with van der Waals surface area (Å²) in [6.07, 6.45) is 9.61. The molecule has 0 amide bonds. The minimum absolute atomic E-state index is 0.0687. The van der Waals surface area contributed by atoms with Crippen LogP contribution in [0.25, 0.3) is 33.4 Å². The van der Waals surface area contributed by atoms with Crippen LogP contribution in [-0.4, -0.2) is 0 Å². The molecule has 13 rings (SSSR count). The Balaban J connectivity index is 0.967. The third-order valence-corrected chi connectivity index (χ3v) is 16.9. The molecular formula is C57H57N. The second kappa shape index (κ2) is 11.9. The Labute approximate surface area is 346 Å². The summed E-state index contributed by atoms with van der Waals surface area (Å²) in [4.78, 5) is 2.52. The summed E-state index contributed by atoms with van der Waals surface area (Å²) >= 11 is 0. The van der Waals surface area contributed by atoms with Crippen molar-refractivity contribution in [3.05, 3.63) is 161 Å². The van der Waals surface area contributed by atoms with Gasteiger partial charge in [-0.1, -0.05) is 126 Å². The average molecular weight is 756 g/mol. The maximum absolute atomic E-state index is 2.56. The number of fused-ring (bicyclic) bond motifs is 7. The first-order valence-corrected chi connectivity index (χ1v) is 22.5. The van der Waals surface area contributed by atoms with Crippen molar-refractivity contribution in [3.63, 3.8) is 0 Å². The largest absolute Gasteiger partial charge is 0.310 e. The van der Waals surface area contributed by atoms with E-state index in [0.29, 0.717) is 0 Å². The Morgan fingerprint density at radius 1 is 0.397 bits per heavy atom. The van der Waals surface area contributed by atoms with Gasteiger partial charge < -0.3 is 4.90 Å². The van der Waals surface area contributed by atoms with Gasteiger partial charge in [0.1, 0.15) is 0 Å². The van der Waals surface area contributed by atoms with Crippen molar-refractivity contribution in [2.45, 2.75) is 108 Å². The Morgan fingerprint density at radius 3 is 1.59 bits per heavy atom. The molecule has 0 radical (unpaired) electrons. The summed E-state index contributed by atoms with van der Waals surface area (Å²) < 4.78 is 0. The lowest BCUT2D eigenvalue weighted by Gasteiger charge is -2.61. The maximum atomic E-state index is 2.56. The number of benzene rings is 6. The first kappa shape index (κ1) is 35.1. The molecule has 7 aliphatic rings. The predicted octanol–water partition coefficient (Wildman–Crippen LogP) is 15.2. The van der Waals surface area contributed by atoms with Gasteiger partial charge in [0.25, 0.3) is 0 Å². The van der Waals surface area contributed by atoms with Crippen molar-refractivity contribution in [1.29, 1.82) is 0 Å². The highest BCUT2D eigenvalue weighted by atomic mass is 15.1. The molecule has 7 aliphatic carbocycles. The van der Waals surface area contributed by atoms with E-state index in [9.17, 15) is 0 Å². The smallest absolute Gasteiger partial charge is 0.0465 e. The quantitative estimate of drug-likeness (QED) is 0.173. The fourth-order valence-electron chi connectivity index (χ4n) is 14.1.